The number of rotatable bonds is 2. The number of amides is 1. The predicted molar refractivity (Wildman–Crippen MR) is 46.9 cm³/mol. The van der Waals surface area contributed by atoms with Gasteiger partial charge in [-0.15, -0.1) is 0 Å². The van der Waals surface area contributed by atoms with Crippen molar-refractivity contribution in [1.82, 2.24) is 5.32 Å². The smallest absolute Gasteiger partial charge is 0.303 e. The molecule has 0 aliphatic heterocycles. The Labute approximate surface area is 76.9 Å². The molecular formula is C9H13NO3. The zero-order valence-electron chi connectivity index (χ0n) is 7.74. The molecule has 1 aliphatic carbocycles. The Bertz CT molecular complexity index is 223. The molecule has 0 aromatic carbocycles. The summed E-state index contributed by atoms with van der Waals surface area (Å²) >= 11 is 0. The van der Waals surface area contributed by atoms with Crippen LogP contribution in [-0.2, 0) is 14.3 Å². The van der Waals surface area contributed by atoms with E-state index in [1.54, 1.807) is 6.08 Å². The van der Waals surface area contributed by atoms with Crippen LogP contribution in [0.1, 0.15) is 20.3 Å². The van der Waals surface area contributed by atoms with E-state index in [0.717, 1.165) is 0 Å². The highest BCUT2D eigenvalue weighted by molar-refractivity contribution is 5.73. The highest BCUT2D eigenvalue weighted by Crippen LogP contribution is 2.14. The first-order valence-corrected chi connectivity index (χ1v) is 4.20. The second-order valence-corrected chi connectivity index (χ2v) is 3.08. The molecule has 4 heteroatoms. The van der Waals surface area contributed by atoms with E-state index in [9.17, 15) is 9.59 Å². The van der Waals surface area contributed by atoms with Gasteiger partial charge in [-0.25, -0.2) is 0 Å². The van der Waals surface area contributed by atoms with Gasteiger partial charge in [-0.3, -0.25) is 9.59 Å². The fourth-order valence-electron chi connectivity index (χ4n) is 1.33. The summed E-state index contributed by atoms with van der Waals surface area (Å²) in [6.07, 6.45) is 4.09. The molecule has 0 heterocycles. The van der Waals surface area contributed by atoms with Gasteiger partial charge in [0.25, 0.3) is 0 Å². The molecule has 0 aromatic heterocycles. The molecule has 0 saturated carbocycles. The minimum absolute atomic E-state index is 0.00171. The Morgan fingerprint density at radius 2 is 2.08 bits per heavy atom. The van der Waals surface area contributed by atoms with Crippen molar-refractivity contribution in [2.24, 2.45) is 0 Å². The maximum Gasteiger partial charge on any atom is 0.303 e. The van der Waals surface area contributed by atoms with Crippen molar-refractivity contribution >= 4 is 11.9 Å². The minimum atomic E-state index is -0.293. The first kappa shape index (κ1) is 9.77. The number of carbonyl (C=O) groups is 2. The van der Waals surface area contributed by atoms with Crippen LogP contribution in [-0.4, -0.2) is 24.0 Å². The number of esters is 1. The lowest BCUT2D eigenvalue weighted by Gasteiger charge is -2.12. The molecule has 0 unspecified atom stereocenters. The normalized spacial score (nSPS) is 25.7. The number of hydrogen-bond donors (Lipinski definition) is 1. The van der Waals surface area contributed by atoms with Gasteiger partial charge in [0, 0.05) is 20.3 Å². The Morgan fingerprint density at radius 3 is 2.62 bits per heavy atom. The third kappa shape index (κ3) is 3.27. The van der Waals surface area contributed by atoms with E-state index in [4.69, 9.17) is 4.74 Å². The van der Waals surface area contributed by atoms with E-state index in [1.807, 2.05) is 6.08 Å². The summed E-state index contributed by atoms with van der Waals surface area (Å²) in [5, 5.41) is 2.73. The Morgan fingerprint density at radius 1 is 1.38 bits per heavy atom. The number of hydrogen-bond acceptors (Lipinski definition) is 3. The van der Waals surface area contributed by atoms with Gasteiger partial charge in [0.2, 0.25) is 5.91 Å². The van der Waals surface area contributed by atoms with Crippen LogP contribution in [0.25, 0.3) is 0 Å². The SMILES string of the molecule is CC(=O)N[C@@H]1C=C[C@H](OC(C)=O)C1. The summed E-state index contributed by atoms with van der Waals surface area (Å²) < 4.78 is 4.95. The van der Waals surface area contributed by atoms with Crippen molar-refractivity contribution in [1.29, 1.82) is 0 Å². The average Bonchev–Trinajstić information content (AvgIpc) is 2.33. The standard InChI is InChI=1S/C9H13NO3/c1-6(11)10-8-3-4-9(5-8)13-7(2)12/h3-4,8-9H,5H2,1-2H3,(H,10,11)/t8-,9+/m1/s1. The summed E-state index contributed by atoms with van der Waals surface area (Å²) in [7, 11) is 0. The molecule has 2 atom stereocenters. The van der Waals surface area contributed by atoms with Crippen molar-refractivity contribution in [2.45, 2.75) is 32.4 Å². The average molecular weight is 183 g/mol. The first-order chi connectivity index (χ1) is 6.08. The molecule has 1 aliphatic rings. The number of ether oxygens (including phenoxy) is 1. The maximum absolute atomic E-state index is 10.7. The summed E-state index contributed by atoms with van der Waals surface area (Å²) in [6.45, 7) is 2.84. The Kier molecular flexibility index (Phi) is 3.06. The fraction of sp³-hybridized carbons (Fsp3) is 0.556. The van der Waals surface area contributed by atoms with E-state index < -0.39 is 0 Å². The number of nitrogens with one attached hydrogen (secondary N) is 1. The first-order valence-electron chi connectivity index (χ1n) is 4.20. The molecular weight excluding hydrogens is 170 g/mol. The largest absolute Gasteiger partial charge is 0.458 e. The highest BCUT2D eigenvalue weighted by atomic mass is 16.5. The van der Waals surface area contributed by atoms with E-state index in [0.29, 0.717) is 6.42 Å². The molecule has 0 spiro atoms. The van der Waals surface area contributed by atoms with Gasteiger partial charge >= 0.3 is 5.97 Å². The molecule has 0 bridgehead atoms. The van der Waals surface area contributed by atoms with Crippen LogP contribution in [0.2, 0.25) is 0 Å². The van der Waals surface area contributed by atoms with Crippen molar-refractivity contribution in [3.8, 4) is 0 Å². The Balaban J connectivity index is 2.33. The molecule has 72 valence electrons. The fourth-order valence-corrected chi connectivity index (χ4v) is 1.33. The van der Waals surface area contributed by atoms with Gasteiger partial charge in [0.15, 0.2) is 0 Å². The second kappa shape index (κ2) is 4.07. The van der Waals surface area contributed by atoms with Gasteiger partial charge in [0.1, 0.15) is 6.10 Å². The van der Waals surface area contributed by atoms with Crippen molar-refractivity contribution in [2.75, 3.05) is 0 Å². The molecule has 0 radical (unpaired) electrons. The second-order valence-electron chi connectivity index (χ2n) is 3.08. The van der Waals surface area contributed by atoms with E-state index in [2.05, 4.69) is 5.32 Å². The molecule has 0 aromatic rings. The molecule has 1 rings (SSSR count). The van der Waals surface area contributed by atoms with Crippen molar-refractivity contribution in [3.05, 3.63) is 12.2 Å². The minimum Gasteiger partial charge on any atom is -0.458 e. The van der Waals surface area contributed by atoms with E-state index in [-0.39, 0.29) is 24.0 Å². The predicted octanol–water partition coefficient (Wildman–Crippen LogP) is 0.383. The summed E-state index contributed by atoms with van der Waals surface area (Å²) in [6, 6.07) is 0.00171. The topological polar surface area (TPSA) is 55.4 Å². The zero-order valence-corrected chi connectivity index (χ0v) is 7.74. The monoisotopic (exact) mass is 183 g/mol. The molecule has 4 nitrogen and oxygen atoms in total. The lowest BCUT2D eigenvalue weighted by atomic mass is 10.2. The van der Waals surface area contributed by atoms with Gasteiger partial charge in [-0.1, -0.05) is 6.08 Å². The van der Waals surface area contributed by atoms with Crippen LogP contribution >= 0.6 is 0 Å². The van der Waals surface area contributed by atoms with Crippen LogP contribution < -0.4 is 5.32 Å². The van der Waals surface area contributed by atoms with Gasteiger partial charge < -0.3 is 10.1 Å². The molecule has 0 saturated heterocycles. The van der Waals surface area contributed by atoms with Gasteiger partial charge in [-0.05, 0) is 6.08 Å². The summed E-state index contributed by atoms with van der Waals surface area (Å²) in [5.41, 5.74) is 0. The summed E-state index contributed by atoms with van der Waals surface area (Å²) in [4.78, 5) is 21.3. The number of carbonyl (C=O) groups excluding carboxylic acids is 2. The summed E-state index contributed by atoms with van der Waals surface area (Å²) in [5.74, 6) is -0.365. The van der Waals surface area contributed by atoms with Crippen molar-refractivity contribution < 1.29 is 14.3 Å². The van der Waals surface area contributed by atoms with Gasteiger partial charge in [0.05, 0.1) is 6.04 Å². The van der Waals surface area contributed by atoms with Crippen molar-refractivity contribution in [3.63, 3.8) is 0 Å². The van der Waals surface area contributed by atoms with Crippen LogP contribution in [0, 0.1) is 0 Å². The third-order valence-corrected chi connectivity index (χ3v) is 1.75. The highest BCUT2D eigenvalue weighted by Gasteiger charge is 2.21. The van der Waals surface area contributed by atoms with Crippen LogP contribution in [0.4, 0.5) is 0 Å². The molecule has 13 heavy (non-hydrogen) atoms. The maximum atomic E-state index is 10.7. The third-order valence-electron chi connectivity index (χ3n) is 1.75. The molecule has 1 amide bonds. The lowest BCUT2D eigenvalue weighted by molar-refractivity contribution is -0.144. The molecule has 0 fully saturated rings. The van der Waals surface area contributed by atoms with E-state index in [1.165, 1.54) is 13.8 Å². The molecule has 1 N–H and O–H groups in total. The quantitative estimate of drug-likeness (QED) is 0.497. The zero-order chi connectivity index (χ0) is 9.84. The van der Waals surface area contributed by atoms with E-state index >= 15 is 0 Å². The lowest BCUT2D eigenvalue weighted by Crippen LogP contribution is -2.31. The van der Waals surface area contributed by atoms with Gasteiger partial charge in [-0.2, -0.15) is 0 Å². The van der Waals surface area contributed by atoms with Crippen LogP contribution in [0.5, 0.6) is 0 Å². The van der Waals surface area contributed by atoms with Crippen LogP contribution in [0.3, 0.4) is 0 Å². The Hall–Kier alpha value is -1.32. The van der Waals surface area contributed by atoms with Crippen LogP contribution in [0.15, 0.2) is 12.2 Å².